The quantitative estimate of drug-likeness (QED) is 0.472. The molecular formula is C24H34F6N4O5. The molecule has 9 nitrogen and oxygen atoms in total. The van der Waals surface area contributed by atoms with Crippen LogP contribution >= 0.6 is 0 Å². The zero-order valence-electron chi connectivity index (χ0n) is 21.6. The number of aromatic amines is 1. The summed E-state index contributed by atoms with van der Waals surface area (Å²) in [6.07, 6.45) is -3.25. The molecule has 3 aliphatic heterocycles. The van der Waals surface area contributed by atoms with Crippen molar-refractivity contribution >= 4 is 17.8 Å². The van der Waals surface area contributed by atoms with Gasteiger partial charge in [0.1, 0.15) is 5.69 Å². The Bertz CT molecular complexity index is 924. The molecule has 3 aliphatic rings. The minimum Gasteiger partial charge on any atom is -0.475 e. The lowest BCUT2D eigenvalue weighted by atomic mass is 9.91. The van der Waals surface area contributed by atoms with E-state index in [1.54, 1.807) is 0 Å². The number of halogens is 6. The molecule has 0 aromatic carbocycles. The Morgan fingerprint density at radius 3 is 1.97 bits per heavy atom. The molecule has 222 valence electrons. The van der Waals surface area contributed by atoms with Crippen molar-refractivity contribution < 1.29 is 50.9 Å². The van der Waals surface area contributed by atoms with E-state index in [0.717, 1.165) is 25.2 Å². The average Bonchev–Trinajstić information content (AvgIpc) is 3.59. The Morgan fingerprint density at radius 2 is 1.54 bits per heavy atom. The van der Waals surface area contributed by atoms with Gasteiger partial charge in [-0.1, -0.05) is 0 Å². The van der Waals surface area contributed by atoms with Gasteiger partial charge in [0, 0.05) is 44.0 Å². The van der Waals surface area contributed by atoms with Crippen LogP contribution in [0, 0.1) is 5.92 Å². The van der Waals surface area contributed by atoms with Crippen molar-refractivity contribution in [3.63, 3.8) is 0 Å². The van der Waals surface area contributed by atoms with Crippen LogP contribution in [-0.2, 0) is 9.59 Å². The van der Waals surface area contributed by atoms with Crippen LogP contribution in [0.1, 0.15) is 50.0 Å². The van der Waals surface area contributed by atoms with E-state index in [2.05, 4.69) is 33.5 Å². The minimum absolute atomic E-state index is 0.169. The molecule has 15 heteroatoms. The van der Waals surface area contributed by atoms with Crippen molar-refractivity contribution in [3.8, 4) is 0 Å². The molecule has 0 radical (unpaired) electrons. The van der Waals surface area contributed by atoms with Crippen molar-refractivity contribution in [3.05, 3.63) is 24.0 Å². The lowest BCUT2D eigenvalue weighted by Gasteiger charge is -2.40. The molecule has 0 bridgehead atoms. The molecule has 4 rings (SSSR count). The third-order valence-electron chi connectivity index (χ3n) is 6.94. The standard InChI is InChI=1S/C20H32N4O.2C2HF3O2/c1-15(2)24-17(14-22-9-3-4-10-22)12-16-13-23(11-7-19(16)24)20(25)18-6-5-8-21-18;2*3-2(4,5)1(6)7/h5-6,8,15-17,19,21H,3-4,7,9-14H2,1-2H3;2*(H,6,7)/t16-,17+,19+;;/m1../s1. The SMILES string of the molecule is CC(C)N1[C@H](CN2CCCC2)C[C@@H]2CN(C(=O)c3ccc[nH]3)CC[C@@H]21.O=C(O)C(F)(F)F.O=C(O)C(F)(F)F. The number of nitrogens with zero attached hydrogens (tertiary/aromatic N) is 3. The van der Waals surface area contributed by atoms with E-state index in [4.69, 9.17) is 19.8 Å². The molecule has 3 fully saturated rings. The fourth-order valence-corrected chi connectivity index (χ4v) is 5.44. The zero-order chi connectivity index (χ0) is 29.5. The number of carboxylic acids is 2. The van der Waals surface area contributed by atoms with E-state index in [1.807, 2.05) is 18.3 Å². The number of amides is 1. The highest BCUT2D eigenvalue weighted by Crippen LogP contribution is 2.38. The summed E-state index contributed by atoms with van der Waals surface area (Å²) in [6, 6.07) is 5.70. The zero-order valence-corrected chi connectivity index (χ0v) is 21.6. The topological polar surface area (TPSA) is 117 Å². The second-order valence-corrected chi connectivity index (χ2v) is 10.00. The van der Waals surface area contributed by atoms with Gasteiger partial charge in [0.25, 0.3) is 5.91 Å². The summed E-state index contributed by atoms with van der Waals surface area (Å²) in [5.41, 5.74) is 0.728. The van der Waals surface area contributed by atoms with E-state index in [0.29, 0.717) is 24.0 Å². The lowest BCUT2D eigenvalue weighted by Crippen LogP contribution is -2.51. The molecule has 4 heterocycles. The number of nitrogens with one attached hydrogen (secondary N) is 1. The van der Waals surface area contributed by atoms with Gasteiger partial charge >= 0.3 is 24.3 Å². The molecule has 1 aromatic heterocycles. The maximum atomic E-state index is 12.7. The number of alkyl halides is 6. The molecule has 0 spiro atoms. The maximum Gasteiger partial charge on any atom is 0.490 e. The number of carbonyl (C=O) groups excluding carboxylic acids is 1. The number of carbonyl (C=O) groups is 3. The Balaban J connectivity index is 0.000000317. The molecule has 39 heavy (non-hydrogen) atoms. The Labute approximate surface area is 221 Å². The van der Waals surface area contributed by atoms with Crippen LogP contribution < -0.4 is 0 Å². The van der Waals surface area contributed by atoms with Gasteiger partial charge in [0.15, 0.2) is 0 Å². The molecular weight excluding hydrogens is 538 g/mol. The first-order valence-corrected chi connectivity index (χ1v) is 12.5. The molecule has 1 aromatic rings. The van der Waals surface area contributed by atoms with E-state index >= 15 is 0 Å². The van der Waals surface area contributed by atoms with Crippen molar-refractivity contribution in [2.24, 2.45) is 5.92 Å². The fourth-order valence-electron chi connectivity index (χ4n) is 5.44. The summed E-state index contributed by atoms with van der Waals surface area (Å²) < 4.78 is 63.5. The van der Waals surface area contributed by atoms with Crippen molar-refractivity contribution in [2.75, 3.05) is 32.7 Å². The molecule has 0 saturated carbocycles. The summed E-state index contributed by atoms with van der Waals surface area (Å²) in [5, 5.41) is 14.2. The molecule has 1 amide bonds. The molecule has 0 aliphatic carbocycles. The minimum atomic E-state index is -5.08. The number of H-pyrrole nitrogens is 1. The summed E-state index contributed by atoms with van der Waals surface area (Å²) in [7, 11) is 0. The smallest absolute Gasteiger partial charge is 0.475 e. The summed E-state index contributed by atoms with van der Waals surface area (Å²) in [4.78, 5) is 41.1. The van der Waals surface area contributed by atoms with Crippen molar-refractivity contribution in [1.29, 1.82) is 0 Å². The lowest BCUT2D eigenvalue weighted by molar-refractivity contribution is -0.193. The van der Waals surface area contributed by atoms with Crippen molar-refractivity contribution in [1.82, 2.24) is 19.7 Å². The van der Waals surface area contributed by atoms with Crippen LogP contribution in [0.3, 0.4) is 0 Å². The number of carboxylic acid groups (broad SMARTS) is 2. The first-order chi connectivity index (χ1) is 18.0. The van der Waals surface area contributed by atoms with Gasteiger partial charge in [-0.3, -0.25) is 9.69 Å². The Hall–Kier alpha value is -2.81. The first-order valence-electron chi connectivity index (χ1n) is 12.5. The molecule has 3 N–H and O–H groups in total. The normalized spacial score (nSPS) is 23.9. The van der Waals surface area contributed by atoms with Crippen LogP contribution in [0.5, 0.6) is 0 Å². The van der Waals surface area contributed by atoms with Gasteiger partial charge < -0.3 is 25.0 Å². The van der Waals surface area contributed by atoms with E-state index in [-0.39, 0.29) is 5.91 Å². The van der Waals surface area contributed by atoms with Gasteiger partial charge in [-0.2, -0.15) is 26.3 Å². The van der Waals surface area contributed by atoms with Gasteiger partial charge in [0.2, 0.25) is 0 Å². The summed E-state index contributed by atoms with van der Waals surface area (Å²) in [6.45, 7) is 10.3. The number of aromatic nitrogens is 1. The highest BCUT2D eigenvalue weighted by Gasteiger charge is 2.46. The average molecular weight is 573 g/mol. The van der Waals surface area contributed by atoms with Crippen molar-refractivity contribution in [2.45, 2.75) is 70.0 Å². The third-order valence-corrected chi connectivity index (χ3v) is 6.94. The maximum absolute atomic E-state index is 12.7. The Morgan fingerprint density at radius 1 is 1.00 bits per heavy atom. The number of hydrogen-bond acceptors (Lipinski definition) is 5. The first kappa shape index (κ1) is 32.4. The molecule has 0 unspecified atom stereocenters. The second-order valence-electron chi connectivity index (χ2n) is 10.00. The predicted molar refractivity (Wildman–Crippen MR) is 127 cm³/mol. The van der Waals surface area contributed by atoms with E-state index < -0.39 is 24.3 Å². The Kier molecular flexibility index (Phi) is 11.2. The number of piperidine rings is 1. The summed E-state index contributed by atoms with van der Waals surface area (Å²) in [5.74, 6) is -4.72. The molecule has 3 atom stereocenters. The van der Waals surface area contributed by atoms with Crippen LogP contribution in [0.25, 0.3) is 0 Å². The number of rotatable bonds is 4. The van der Waals surface area contributed by atoms with E-state index in [1.165, 1.54) is 38.9 Å². The third kappa shape index (κ3) is 9.41. The number of likely N-dealkylation sites (tertiary alicyclic amines) is 3. The van der Waals surface area contributed by atoms with E-state index in [9.17, 15) is 31.1 Å². The number of hydrogen-bond donors (Lipinski definition) is 3. The second kappa shape index (κ2) is 13.5. The van der Waals surface area contributed by atoms with Crippen LogP contribution in [0.15, 0.2) is 18.3 Å². The largest absolute Gasteiger partial charge is 0.490 e. The van der Waals surface area contributed by atoms with Crippen LogP contribution in [0.2, 0.25) is 0 Å². The summed E-state index contributed by atoms with van der Waals surface area (Å²) >= 11 is 0. The highest BCUT2D eigenvalue weighted by molar-refractivity contribution is 5.92. The van der Waals surface area contributed by atoms with Gasteiger partial charge in [-0.25, -0.2) is 9.59 Å². The predicted octanol–water partition coefficient (Wildman–Crippen LogP) is 3.69. The van der Waals surface area contributed by atoms with Gasteiger partial charge in [-0.05, 0) is 70.7 Å². The number of fused-ring (bicyclic) bond motifs is 1. The monoisotopic (exact) mass is 572 g/mol. The van der Waals surface area contributed by atoms with Crippen LogP contribution in [0.4, 0.5) is 26.3 Å². The van der Waals surface area contributed by atoms with Gasteiger partial charge in [-0.15, -0.1) is 0 Å². The molecule has 3 saturated heterocycles. The number of aliphatic carboxylic acids is 2. The fraction of sp³-hybridized carbons (Fsp3) is 0.708. The highest BCUT2D eigenvalue weighted by atomic mass is 19.4. The van der Waals surface area contributed by atoms with Crippen LogP contribution in [-0.4, -0.2) is 111 Å². The van der Waals surface area contributed by atoms with Gasteiger partial charge in [0.05, 0.1) is 0 Å².